The molecule has 1 aliphatic carbocycles. The Hall–Kier alpha value is -0.930. The molecule has 3 heteroatoms. The van der Waals surface area contributed by atoms with E-state index in [1.54, 1.807) is 23.5 Å². The molecule has 0 amide bonds. The van der Waals surface area contributed by atoms with Gasteiger partial charge < -0.3 is 4.90 Å². The standard InChI is InChI=1S/C13H14FNS/c1-15(2)12-6-10(12)11-7-16-13-5-8(14)3-4-9(11)13/h3-5,7,10,12H,6H2,1-2H3/t10-,12+/m1/s1. The van der Waals surface area contributed by atoms with Crippen molar-refractivity contribution in [1.29, 1.82) is 0 Å². The SMILES string of the molecule is CN(C)[C@H]1C[C@@H]1c1csc2cc(F)ccc12. The lowest BCUT2D eigenvalue weighted by molar-refractivity contribution is 0.391. The van der Waals surface area contributed by atoms with Gasteiger partial charge in [-0.15, -0.1) is 11.3 Å². The molecule has 0 aliphatic heterocycles. The highest BCUT2D eigenvalue weighted by Gasteiger charge is 2.41. The molecule has 2 aromatic rings. The van der Waals surface area contributed by atoms with E-state index in [-0.39, 0.29) is 5.82 Å². The Bertz CT molecular complexity index is 532. The highest BCUT2D eigenvalue weighted by Crippen LogP contribution is 2.47. The Morgan fingerprint density at radius 2 is 2.19 bits per heavy atom. The number of fused-ring (bicyclic) bond motifs is 1. The molecule has 16 heavy (non-hydrogen) atoms. The maximum absolute atomic E-state index is 13.1. The minimum Gasteiger partial charge on any atom is -0.306 e. The molecule has 84 valence electrons. The van der Waals surface area contributed by atoms with Crippen LogP contribution in [-0.2, 0) is 0 Å². The summed E-state index contributed by atoms with van der Waals surface area (Å²) in [6, 6.07) is 5.78. The zero-order valence-electron chi connectivity index (χ0n) is 9.40. The summed E-state index contributed by atoms with van der Waals surface area (Å²) in [6.07, 6.45) is 1.23. The number of rotatable bonds is 2. The third-order valence-corrected chi connectivity index (χ3v) is 4.35. The first kappa shape index (κ1) is 10.2. The molecule has 0 N–H and O–H groups in total. The minimum atomic E-state index is -0.138. The largest absolute Gasteiger partial charge is 0.306 e. The first-order chi connectivity index (χ1) is 7.66. The first-order valence-corrected chi connectivity index (χ1v) is 6.38. The molecule has 0 saturated heterocycles. The third kappa shape index (κ3) is 1.55. The van der Waals surface area contributed by atoms with Crippen LogP contribution in [0.2, 0.25) is 0 Å². The molecular weight excluding hydrogens is 221 g/mol. The van der Waals surface area contributed by atoms with E-state index in [0.29, 0.717) is 12.0 Å². The molecule has 0 radical (unpaired) electrons. The smallest absolute Gasteiger partial charge is 0.124 e. The number of hydrogen-bond acceptors (Lipinski definition) is 2. The normalized spacial score (nSPS) is 24.2. The summed E-state index contributed by atoms with van der Waals surface area (Å²) in [6.45, 7) is 0. The van der Waals surface area contributed by atoms with Crippen LogP contribution in [0.1, 0.15) is 17.9 Å². The van der Waals surface area contributed by atoms with Crippen molar-refractivity contribution in [2.45, 2.75) is 18.4 Å². The lowest BCUT2D eigenvalue weighted by Gasteiger charge is -2.07. The maximum Gasteiger partial charge on any atom is 0.124 e. The number of halogens is 1. The second-order valence-corrected chi connectivity index (χ2v) is 5.62. The molecule has 1 aromatic carbocycles. The molecule has 3 rings (SSSR count). The molecular formula is C13H14FNS. The number of benzene rings is 1. The van der Waals surface area contributed by atoms with Crippen LogP contribution in [0.25, 0.3) is 10.1 Å². The first-order valence-electron chi connectivity index (χ1n) is 5.50. The summed E-state index contributed by atoms with van der Waals surface area (Å²) < 4.78 is 14.1. The molecule has 1 heterocycles. The number of hydrogen-bond donors (Lipinski definition) is 0. The fraction of sp³-hybridized carbons (Fsp3) is 0.385. The average Bonchev–Trinajstić information content (AvgIpc) is 2.93. The molecule has 0 bridgehead atoms. The Labute approximate surface area is 98.5 Å². The maximum atomic E-state index is 13.1. The van der Waals surface area contributed by atoms with Gasteiger partial charge in [0.1, 0.15) is 5.82 Å². The number of nitrogens with zero attached hydrogens (tertiary/aromatic N) is 1. The molecule has 1 fully saturated rings. The monoisotopic (exact) mass is 235 g/mol. The van der Waals surface area contributed by atoms with Crippen molar-refractivity contribution in [1.82, 2.24) is 4.90 Å². The Morgan fingerprint density at radius 3 is 2.88 bits per heavy atom. The second-order valence-electron chi connectivity index (χ2n) is 4.70. The molecule has 1 saturated carbocycles. The van der Waals surface area contributed by atoms with E-state index in [1.165, 1.54) is 17.4 Å². The van der Waals surface area contributed by atoms with Crippen LogP contribution in [0, 0.1) is 5.82 Å². The molecule has 2 atom stereocenters. The fourth-order valence-corrected chi connectivity index (χ4v) is 3.45. The molecule has 1 aromatic heterocycles. The average molecular weight is 235 g/mol. The van der Waals surface area contributed by atoms with Crippen LogP contribution < -0.4 is 0 Å². The predicted molar refractivity (Wildman–Crippen MR) is 66.6 cm³/mol. The van der Waals surface area contributed by atoms with Gasteiger partial charge in [0, 0.05) is 16.7 Å². The van der Waals surface area contributed by atoms with Crippen molar-refractivity contribution in [3.8, 4) is 0 Å². The summed E-state index contributed by atoms with van der Waals surface area (Å²) in [4.78, 5) is 2.28. The van der Waals surface area contributed by atoms with Gasteiger partial charge in [-0.05, 0) is 49.0 Å². The molecule has 0 spiro atoms. The van der Waals surface area contributed by atoms with Gasteiger partial charge in [-0.1, -0.05) is 6.07 Å². The number of thiophene rings is 1. The van der Waals surface area contributed by atoms with Gasteiger partial charge in [-0.2, -0.15) is 0 Å². The van der Waals surface area contributed by atoms with Crippen molar-refractivity contribution < 1.29 is 4.39 Å². The highest BCUT2D eigenvalue weighted by atomic mass is 32.1. The molecule has 0 unspecified atom stereocenters. The van der Waals surface area contributed by atoms with Gasteiger partial charge in [0.05, 0.1) is 0 Å². The zero-order valence-corrected chi connectivity index (χ0v) is 10.2. The van der Waals surface area contributed by atoms with E-state index in [9.17, 15) is 4.39 Å². The van der Waals surface area contributed by atoms with Crippen LogP contribution in [0.15, 0.2) is 23.6 Å². The van der Waals surface area contributed by atoms with Crippen LogP contribution in [0.4, 0.5) is 4.39 Å². The summed E-state index contributed by atoms with van der Waals surface area (Å²) in [7, 11) is 4.25. The summed E-state index contributed by atoms with van der Waals surface area (Å²) in [5.41, 5.74) is 1.40. The summed E-state index contributed by atoms with van der Waals surface area (Å²) in [5.74, 6) is 0.509. The molecule has 1 aliphatic rings. The second kappa shape index (κ2) is 3.54. The fourth-order valence-electron chi connectivity index (χ4n) is 2.40. The van der Waals surface area contributed by atoms with Crippen molar-refractivity contribution in [3.05, 3.63) is 35.0 Å². The number of likely N-dealkylation sites (N-methyl/N-ethyl adjacent to an activating group) is 1. The Kier molecular flexibility index (Phi) is 2.26. The topological polar surface area (TPSA) is 3.24 Å². The zero-order chi connectivity index (χ0) is 11.3. The van der Waals surface area contributed by atoms with E-state index in [1.807, 2.05) is 6.07 Å². The van der Waals surface area contributed by atoms with E-state index in [0.717, 1.165) is 4.70 Å². The van der Waals surface area contributed by atoms with Crippen molar-refractivity contribution in [3.63, 3.8) is 0 Å². The quantitative estimate of drug-likeness (QED) is 0.770. The van der Waals surface area contributed by atoms with E-state index >= 15 is 0 Å². The summed E-state index contributed by atoms with van der Waals surface area (Å²) >= 11 is 1.65. The van der Waals surface area contributed by atoms with E-state index in [2.05, 4.69) is 24.4 Å². The predicted octanol–water partition coefficient (Wildman–Crippen LogP) is 3.46. The minimum absolute atomic E-state index is 0.138. The van der Waals surface area contributed by atoms with Crippen LogP contribution in [0.3, 0.4) is 0 Å². The van der Waals surface area contributed by atoms with Gasteiger partial charge in [-0.3, -0.25) is 0 Å². The van der Waals surface area contributed by atoms with Crippen molar-refractivity contribution >= 4 is 21.4 Å². The lowest BCUT2D eigenvalue weighted by Crippen LogP contribution is -2.15. The summed E-state index contributed by atoms with van der Waals surface area (Å²) in [5, 5.41) is 3.43. The van der Waals surface area contributed by atoms with Gasteiger partial charge >= 0.3 is 0 Å². The van der Waals surface area contributed by atoms with Gasteiger partial charge in [-0.25, -0.2) is 4.39 Å². The van der Waals surface area contributed by atoms with Crippen LogP contribution in [-0.4, -0.2) is 25.0 Å². The van der Waals surface area contributed by atoms with Crippen LogP contribution >= 0.6 is 11.3 Å². The van der Waals surface area contributed by atoms with E-state index < -0.39 is 0 Å². The van der Waals surface area contributed by atoms with E-state index in [4.69, 9.17) is 0 Å². The Balaban J connectivity index is 2.00. The van der Waals surface area contributed by atoms with Crippen molar-refractivity contribution in [2.75, 3.05) is 14.1 Å². The van der Waals surface area contributed by atoms with Gasteiger partial charge in [0.25, 0.3) is 0 Å². The van der Waals surface area contributed by atoms with Crippen molar-refractivity contribution in [2.24, 2.45) is 0 Å². The van der Waals surface area contributed by atoms with Crippen LogP contribution in [0.5, 0.6) is 0 Å². The molecule has 1 nitrogen and oxygen atoms in total. The highest BCUT2D eigenvalue weighted by molar-refractivity contribution is 7.17. The lowest BCUT2D eigenvalue weighted by atomic mass is 10.1. The Morgan fingerprint density at radius 1 is 1.38 bits per heavy atom. The van der Waals surface area contributed by atoms with Gasteiger partial charge in [0.15, 0.2) is 0 Å². The van der Waals surface area contributed by atoms with Gasteiger partial charge in [0.2, 0.25) is 0 Å². The third-order valence-electron chi connectivity index (χ3n) is 3.39.